The molecule has 0 aliphatic carbocycles. The van der Waals surface area contributed by atoms with Gasteiger partial charge in [0.2, 0.25) is 5.13 Å². The lowest BCUT2D eigenvalue weighted by atomic mass is 9.95. The maximum Gasteiger partial charge on any atom is 0.301 e. The van der Waals surface area contributed by atoms with Crippen molar-refractivity contribution in [2.45, 2.75) is 36.6 Å². The molecule has 2 heterocycles. The van der Waals surface area contributed by atoms with E-state index in [1.165, 1.54) is 41.2 Å². The molecule has 12 heteroatoms. The van der Waals surface area contributed by atoms with Crippen molar-refractivity contribution in [2.24, 2.45) is 0 Å². The number of Topliss-reactive ketones (excluding diaryl/α,β-unsaturated/α-hetero) is 1. The standard InChI is InChI=1S/C36H30BrN3O6S2/c1-20-8-10-22(11-9-20)19-47-36-39-38-35(48-36)40-30(25-16-27(37)32(42)28(17-25)45-3)29(33(43)34(40)44)31(41)23-12-14-26(15-13-23)46-18-24-7-5-4-6-21(24)2/h4-17,30,41-42H,18-19H2,1-3H3/b31-29+. The Hall–Kier alpha value is -4.65. The molecule has 5 aromatic rings. The van der Waals surface area contributed by atoms with Gasteiger partial charge < -0.3 is 19.7 Å². The zero-order valence-corrected chi connectivity index (χ0v) is 29.4. The van der Waals surface area contributed by atoms with Crippen molar-refractivity contribution in [3.8, 4) is 17.2 Å². The Labute approximate surface area is 294 Å². The number of amides is 1. The highest BCUT2D eigenvalue weighted by Crippen LogP contribution is 2.47. The van der Waals surface area contributed by atoms with Gasteiger partial charge in [-0.3, -0.25) is 14.5 Å². The summed E-state index contributed by atoms with van der Waals surface area (Å²) in [6.07, 6.45) is 0. The number of aryl methyl sites for hydroxylation is 2. The number of methoxy groups -OCH3 is 1. The molecule has 1 aromatic heterocycles. The Kier molecular flexibility index (Phi) is 9.86. The molecule has 1 fully saturated rings. The molecule has 244 valence electrons. The van der Waals surface area contributed by atoms with Crippen molar-refractivity contribution in [1.29, 1.82) is 0 Å². The average Bonchev–Trinajstić information content (AvgIpc) is 3.66. The van der Waals surface area contributed by atoms with Crippen molar-refractivity contribution < 1.29 is 29.3 Å². The van der Waals surface area contributed by atoms with E-state index >= 15 is 0 Å². The van der Waals surface area contributed by atoms with Crippen molar-refractivity contribution in [1.82, 2.24) is 10.2 Å². The molecule has 6 rings (SSSR count). The van der Waals surface area contributed by atoms with Crippen LogP contribution in [0.5, 0.6) is 17.2 Å². The van der Waals surface area contributed by atoms with Gasteiger partial charge in [-0.25, -0.2) is 0 Å². The lowest BCUT2D eigenvalue weighted by Crippen LogP contribution is -2.29. The van der Waals surface area contributed by atoms with Gasteiger partial charge in [-0.1, -0.05) is 77.2 Å². The number of aliphatic hydroxyl groups excluding tert-OH is 1. The zero-order valence-electron chi connectivity index (χ0n) is 26.1. The summed E-state index contributed by atoms with van der Waals surface area (Å²) in [5.74, 6) is -0.934. The minimum absolute atomic E-state index is 0.117. The number of phenolic OH excluding ortho intramolecular Hbond substituents is 1. The van der Waals surface area contributed by atoms with Crippen LogP contribution in [-0.2, 0) is 21.9 Å². The number of hydrogen-bond acceptors (Lipinski definition) is 10. The van der Waals surface area contributed by atoms with E-state index in [1.807, 2.05) is 62.4 Å². The quantitative estimate of drug-likeness (QED) is 0.0480. The largest absolute Gasteiger partial charge is 0.507 e. The number of aromatic hydroxyl groups is 1. The van der Waals surface area contributed by atoms with Crippen LogP contribution in [0, 0.1) is 13.8 Å². The summed E-state index contributed by atoms with van der Waals surface area (Å²) in [6, 6.07) is 24.7. The van der Waals surface area contributed by atoms with Crippen LogP contribution >= 0.6 is 39.0 Å². The lowest BCUT2D eigenvalue weighted by molar-refractivity contribution is -0.132. The molecule has 0 saturated carbocycles. The van der Waals surface area contributed by atoms with E-state index in [0.717, 1.165) is 22.3 Å². The third-order valence-electron chi connectivity index (χ3n) is 7.90. The number of aromatic nitrogens is 2. The Balaban J connectivity index is 1.35. The number of rotatable bonds is 10. The van der Waals surface area contributed by atoms with Crippen LogP contribution < -0.4 is 14.4 Å². The number of hydrogen-bond donors (Lipinski definition) is 2. The molecular weight excluding hydrogens is 714 g/mol. The second-order valence-corrected chi connectivity index (χ2v) is 14.1. The molecule has 1 aliphatic rings. The topological polar surface area (TPSA) is 122 Å². The van der Waals surface area contributed by atoms with Crippen molar-refractivity contribution >= 4 is 61.6 Å². The van der Waals surface area contributed by atoms with Crippen LogP contribution in [0.4, 0.5) is 5.13 Å². The predicted molar refractivity (Wildman–Crippen MR) is 190 cm³/mol. The van der Waals surface area contributed by atoms with E-state index in [2.05, 4.69) is 26.1 Å². The SMILES string of the molecule is COc1cc(C2/C(=C(\O)c3ccc(OCc4ccccc4C)cc3)C(=O)C(=O)N2c2nnc(SCc3ccc(C)cc3)s2)cc(Br)c1O. The van der Waals surface area contributed by atoms with Gasteiger partial charge >= 0.3 is 5.91 Å². The molecule has 0 radical (unpaired) electrons. The second-order valence-electron chi connectivity index (χ2n) is 11.1. The molecule has 1 aliphatic heterocycles. The summed E-state index contributed by atoms with van der Waals surface area (Å²) < 4.78 is 12.2. The van der Waals surface area contributed by atoms with Gasteiger partial charge in [0.15, 0.2) is 15.8 Å². The number of ketones is 1. The fourth-order valence-corrected chi connectivity index (χ4v) is 7.52. The van der Waals surface area contributed by atoms with Gasteiger partial charge in [-0.15, -0.1) is 10.2 Å². The predicted octanol–water partition coefficient (Wildman–Crippen LogP) is 8.13. The molecule has 48 heavy (non-hydrogen) atoms. The Morgan fingerprint density at radius 2 is 1.73 bits per heavy atom. The van der Waals surface area contributed by atoms with Crippen LogP contribution in [0.3, 0.4) is 0 Å². The van der Waals surface area contributed by atoms with E-state index in [-0.39, 0.29) is 32.4 Å². The molecule has 0 spiro atoms. The summed E-state index contributed by atoms with van der Waals surface area (Å²) in [5, 5.41) is 30.9. The van der Waals surface area contributed by atoms with E-state index in [1.54, 1.807) is 30.3 Å². The van der Waals surface area contributed by atoms with E-state index in [4.69, 9.17) is 9.47 Å². The molecule has 2 N–H and O–H groups in total. The van der Waals surface area contributed by atoms with E-state index in [0.29, 0.717) is 33.6 Å². The van der Waals surface area contributed by atoms with Gasteiger partial charge in [0.05, 0.1) is 23.2 Å². The maximum absolute atomic E-state index is 13.7. The van der Waals surface area contributed by atoms with Crippen LogP contribution in [0.15, 0.2) is 99.3 Å². The summed E-state index contributed by atoms with van der Waals surface area (Å²) in [7, 11) is 1.40. The number of carbonyl (C=O) groups is 2. The number of ether oxygens (including phenoxy) is 2. The Morgan fingerprint density at radius 1 is 1.00 bits per heavy atom. The van der Waals surface area contributed by atoms with Gasteiger partial charge in [-0.2, -0.15) is 0 Å². The minimum Gasteiger partial charge on any atom is -0.507 e. The number of phenols is 1. The minimum atomic E-state index is -1.10. The first-order chi connectivity index (χ1) is 23.1. The highest BCUT2D eigenvalue weighted by molar-refractivity contribution is 9.10. The van der Waals surface area contributed by atoms with Crippen molar-refractivity contribution in [3.05, 3.63) is 128 Å². The lowest BCUT2D eigenvalue weighted by Gasteiger charge is -2.23. The molecule has 1 saturated heterocycles. The maximum atomic E-state index is 13.7. The monoisotopic (exact) mass is 743 g/mol. The molecule has 1 unspecified atom stereocenters. The number of thioether (sulfide) groups is 1. The third kappa shape index (κ3) is 6.82. The summed E-state index contributed by atoms with van der Waals surface area (Å²) in [5.41, 5.74) is 5.01. The smallest absolute Gasteiger partial charge is 0.301 e. The molecule has 4 aromatic carbocycles. The van der Waals surface area contributed by atoms with Crippen LogP contribution in [0.25, 0.3) is 5.76 Å². The van der Waals surface area contributed by atoms with Crippen LogP contribution in [0.1, 0.15) is 39.4 Å². The van der Waals surface area contributed by atoms with Gasteiger partial charge in [0, 0.05) is 11.3 Å². The summed E-state index contributed by atoms with van der Waals surface area (Å²) in [6.45, 7) is 4.41. The molecule has 0 bridgehead atoms. The molecule has 9 nitrogen and oxygen atoms in total. The average molecular weight is 745 g/mol. The Morgan fingerprint density at radius 3 is 2.44 bits per heavy atom. The fourth-order valence-electron chi connectivity index (χ4n) is 5.24. The zero-order chi connectivity index (χ0) is 33.9. The molecule has 1 amide bonds. The summed E-state index contributed by atoms with van der Waals surface area (Å²) in [4.78, 5) is 28.7. The highest BCUT2D eigenvalue weighted by atomic mass is 79.9. The number of aliphatic hydroxyl groups is 1. The van der Waals surface area contributed by atoms with E-state index in [9.17, 15) is 19.8 Å². The van der Waals surface area contributed by atoms with Crippen LogP contribution in [-0.4, -0.2) is 39.2 Å². The molecule has 1 atom stereocenters. The van der Waals surface area contributed by atoms with Crippen molar-refractivity contribution in [2.75, 3.05) is 12.0 Å². The third-order valence-corrected chi connectivity index (χ3v) is 10.6. The van der Waals surface area contributed by atoms with E-state index < -0.39 is 17.7 Å². The first-order valence-electron chi connectivity index (χ1n) is 14.8. The second kappa shape index (κ2) is 14.2. The van der Waals surface area contributed by atoms with Gasteiger partial charge in [0.25, 0.3) is 5.78 Å². The van der Waals surface area contributed by atoms with Gasteiger partial charge in [-0.05, 0) is 88.4 Å². The fraction of sp³-hybridized carbons (Fsp3) is 0.167. The Bertz CT molecular complexity index is 2030. The van der Waals surface area contributed by atoms with Gasteiger partial charge in [0.1, 0.15) is 18.1 Å². The highest BCUT2D eigenvalue weighted by Gasteiger charge is 2.48. The number of halogens is 1. The number of nitrogens with zero attached hydrogens (tertiary/aromatic N) is 3. The molecular formula is C36H30BrN3O6S2. The normalized spacial score (nSPS) is 15.6. The van der Waals surface area contributed by atoms with Crippen LogP contribution in [0.2, 0.25) is 0 Å². The first-order valence-corrected chi connectivity index (χ1v) is 17.4. The first kappa shape index (κ1) is 33.3. The number of anilines is 1. The summed E-state index contributed by atoms with van der Waals surface area (Å²) >= 11 is 5.98. The number of carbonyl (C=O) groups excluding carboxylic acids is 2. The number of benzene rings is 4. The van der Waals surface area contributed by atoms with Crippen molar-refractivity contribution in [3.63, 3.8) is 0 Å².